The second-order valence-corrected chi connectivity index (χ2v) is 5.08. The van der Waals surface area contributed by atoms with Gasteiger partial charge in [0, 0.05) is 19.5 Å². The lowest BCUT2D eigenvalue weighted by atomic mass is 10.1. The Balaban J connectivity index is 2.78. The van der Waals surface area contributed by atoms with Gasteiger partial charge in [0.1, 0.15) is 0 Å². The minimum absolute atomic E-state index is 0.448. The number of thiophene rings is 1. The van der Waals surface area contributed by atoms with Crippen LogP contribution in [0.1, 0.15) is 5.56 Å². The Morgan fingerprint density at radius 1 is 1.50 bits per heavy atom. The minimum Gasteiger partial charge on any atom is -0.198 e. The molecule has 70 valence electrons. The van der Waals surface area contributed by atoms with Gasteiger partial charge in [-0.1, -0.05) is 0 Å². The molecule has 1 aromatic heterocycles. The van der Waals surface area contributed by atoms with Crippen LogP contribution in [0.4, 0.5) is 0 Å². The molecule has 1 heterocycles. The molecular weight excluding hydrogens is 278 g/mol. The maximum absolute atomic E-state index is 8.68. The highest BCUT2D eigenvalue weighted by Gasteiger charge is 2.09. The highest BCUT2D eigenvalue weighted by atomic mass is 79.9. The molecule has 2 rings (SSSR count). The summed E-state index contributed by atoms with van der Waals surface area (Å²) in [5.74, 6) is 0. The lowest BCUT2D eigenvalue weighted by Crippen LogP contribution is -1.79. The van der Waals surface area contributed by atoms with Gasteiger partial charge in [0.05, 0.1) is 12.5 Å². The Hall–Kier alpha value is -0.500. The lowest BCUT2D eigenvalue weighted by molar-refractivity contribution is 1.29. The van der Waals surface area contributed by atoms with E-state index in [0.717, 1.165) is 20.3 Å². The van der Waals surface area contributed by atoms with Crippen molar-refractivity contribution in [1.29, 1.82) is 5.26 Å². The van der Waals surface area contributed by atoms with Crippen LogP contribution in [0.2, 0.25) is 0 Å². The van der Waals surface area contributed by atoms with Gasteiger partial charge in [-0.15, -0.1) is 24.0 Å². The highest BCUT2D eigenvalue weighted by molar-refractivity contribution is 9.10. The van der Waals surface area contributed by atoms with Gasteiger partial charge >= 0.3 is 0 Å². The van der Waals surface area contributed by atoms with Crippen molar-refractivity contribution in [2.24, 2.45) is 0 Å². The predicted octanol–water partition coefficient (Wildman–Crippen LogP) is 4.02. The Morgan fingerprint density at radius 2 is 2.29 bits per heavy atom. The molecule has 14 heavy (non-hydrogen) atoms. The molecule has 0 spiro atoms. The molecule has 1 aromatic carbocycles. The van der Waals surface area contributed by atoms with Crippen LogP contribution < -0.4 is 0 Å². The molecule has 0 saturated heterocycles. The molecule has 4 heteroatoms. The monoisotopic (exact) mass is 283 g/mol. The third-order valence-electron chi connectivity index (χ3n) is 2.00. The van der Waals surface area contributed by atoms with Crippen molar-refractivity contribution in [2.45, 2.75) is 11.3 Å². The number of benzene rings is 1. The van der Waals surface area contributed by atoms with Gasteiger partial charge in [-0.2, -0.15) is 5.26 Å². The highest BCUT2D eigenvalue weighted by Crippen LogP contribution is 2.36. The summed E-state index contributed by atoms with van der Waals surface area (Å²) in [6, 6.07) is 6.10. The molecule has 0 bridgehead atoms. The molecule has 0 aliphatic carbocycles. The van der Waals surface area contributed by atoms with Crippen molar-refractivity contribution >= 4 is 50.0 Å². The fourth-order valence-corrected chi connectivity index (χ4v) is 3.39. The molecular formula is C10H6BrNS2. The summed E-state index contributed by atoms with van der Waals surface area (Å²) in [6.45, 7) is 0. The summed E-state index contributed by atoms with van der Waals surface area (Å²) in [5.41, 5.74) is 1.07. The second-order valence-electron chi connectivity index (χ2n) is 2.87. The van der Waals surface area contributed by atoms with Gasteiger partial charge < -0.3 is 0 Å². The number of fused-ring (bicyclic) bond motifs is 1. The summed E-state index contributed by atoms with van der Waals surface area (Å²) in [6.07, 6.45) is 0.448. The van der Waals surface area contributed by atoms with Gasteiger partial charge in [0.15, 0.2) is 0 Å². The van der Waals surface area contributed by atoms with Gasteiger partial charge in [-0.3, -0.25) is 0 Å². The van der Waals surface area contributed by atoms with Crippen molar-refractivity contribution < 1.29 is 0 Å². The molecule has 0 fully saturated rings. The third-order valence-corrected chi connectivity index (χ3v) is 4.36. The Morgan fingerprint density at radius 3 is 3.00 bits per heavy atom. The molecule has 0 radical (unpaired) electrons. The first-order valence-electron chi connectivity index (χ1n) is 3.98. The van der Waals surface area contributed by atoms with Crippen LogP contribution in [0, 0.1) is 11.3 Å². The first kappa shape index (κ1) is 10.0. The van der Waals surface area contributed by atoms with E-state index in [0.29, 0.717) is 6.42 Å². The van der Waals surface area contributed by atoms with Crippen LogP contribution >= 0.6 is 39.9 Å². The van der Waals surface area contributed by atoms with E-state index in [2.05, 4.69) is 34.6 Å². The number of thiol groups is 1. The van der Waals surface area contributed by atoms with Crippen molar-refractivity contribution in [1.82, 2.24) is 0 Å². The molecule has 2 aromatic rings. The molecule has 0 N–H and O–H groups in total. The van der Waals surface area contributed by atoms with E-state index in [4.69, 9.17) is 5.26 Å². The SMILES string of the molecule is N#CCc1csc2c(Br)ccc(S)c12. The Bertz CT molecular complexity index is 525. The van der Waals surface area contributed by atoms with Crippen molar-refractivity contribution in [3.63, 3.8) is 0 Å². The quantitative estimate of drug-likeness (QED) is 0.786. The Labute approximate surface area is 99.9 Å². The predicted molar refractivity (Wildman–Crippen MR) is 66.1 cm³/mol. The number of rotatable bonds is 1. The summed E-state index contributed by atoms with van der Waals surface area (Å²) >= 11 is 9.54. The van der Waals surface area contributed by atoms with Crippen LogP contribution in [0.15, 0.2) is 26.9 Å². The molecule has 0 unspecified atom stereocenters. The van der Waals surface area contributed by atoms with Crippen LogP contribution in [-0.2, 0) is 6.42 Å². The van der Waals surface area contributed by atoms with E-state index in [9.17, 15) is 0 Å². The average Bonchev–Trinajstić information content (AvgIpc) is 2.58. The lowest BCUT2D eigenvalue weighted by Gasteiger charge is -1.99. The number of nitriles is 1. The van der Waals surface area contributed by atoms with Gasteiger partial charge in [-0.05, 0) is 39.0 Å². The van der Waals surface area contributed by atoms with E-state index in [1.165, 1.54) is 4.70 Å². The zero-order chi connectivity index (χ0) is 10.1. The summed E-state index contributed by atoms with van der Waals surface area (Å²) < 4.78 is 2.24. The van der Waals surface area contributed by atoms with E-state index >= 15 is 0 Å². The molecule has 0 amide bonds. The topological polar surface area (TPSA) is 23.8 Å². The molecule has 0 atom stereocenters. The summed E-state index contributed by atoms with van der Waals surface area (Å²) in [7, 11) is 0. The van der Waals surface area contributed by atoms with E-state index in [-0.39, 0.29) is 0 Å². The van der Waals surface area contributed by atoms with Gasteiger partial charge in [-0.25, -0.2) is 0 Å². The minimum atomic E-state index is 0.448. The zero-order valence-electron chi connectivity index (χ0n) is 7.12. The average molecular weight is 284 g/mol. The smallest absolute Gasteiger partial charge is 0.0670 e. The van der Waals surface area contributed by atoms with Crippen molar-refractivity contribution in [3.8, 4) is 6.07 Å². The third kappa shape index (κ3) is 1.56. The number of nitrogens with zero attached hydrogens (tertiary/aromatic N) is 1. The number of hydrogen-bond donors (Lipinski definition) is 1. The molecule has 0 aliphatic heterocycles. The molecule has 1 nitrogen and oxygen atoms in total. The largest absolute Gasteiger partial charge is 0.198 e. The molecule has 0 aliphatic rings. The van der Waals surface area contributed by atoms with Crippen LogP contribution in [0.3, 0.4) is 0 Å². The van der Waals surface area contributed by atoms with Crippen LogP contribution in [0.5, 0.6) is 0 Å². The number of hydrogen-bond acceptors (Lipinski definition) is 3. The standard InChI is InChI=1S/C10H6BrNS2/c11-7-1-2-8(13)9-6(3-4-12)5-14-10(7)9/h1-2,5,13H,3H2. The first-order chi connectivity index (χ1) is 6.74. The van der Waals surface area contributed by atoms with E-state index in [1.54, 1.807) is 11.3 Å². The van der Waals surface area contributed by atoms with E-state index in [1.807, 2.05) is 17.5 Å². The number of halogens is 1. The van der Waals surface area contributed by atoms with Crippen LogP contribution in [0.25, 0.3) is 10.1 Å². The Kier molecular flexibility index (Phi) is 2.82. The van der Waals surface area contributed by atoms with Gasteiger partial charge in [0.2, 0.25) is 0 Å². The fourth-order valence-electron chi connectivity index (χ4n) is 1.38. The van der Waals surface area contributed by atoms with Crippen LogP contribution in [-0.4, -0.2) is 0 Å². The zero-order valence-corrected chi connectivity index (χ0v) is 10.4. The summed E-state index contributed by atoms with van der Waals surface area (Å²) in [4.78, 5) is 0.940. The normalized spacial score (nSPS) is 10.4. The molecule has 0 saturated carbocycles. The van der Waals surface area contributed by atoms with E-state index < -0.39 is 0 Å². The maximum atomic E-state index is 8.68. The summed E-state index contributed by atoms with van der Waals surface area (Å²) in [5, 5.41) is 11.8. The van der Waals surface area contributed by atoms with Gasteiger partial charge in [0.25, 0.3) is 0 Å². The maximum Gasteiger partial charge on any atom is 0.0670 e. The second kappa shape index (κ2) is 3.93. The van der Waals surface area contributed by atoms with Crippen molar-refractivity contribution in [2.75, 3.05) is 0 Å². The first-order valence-corrected chi connectivity index (χ1v) is 6.10. The fraction of sp³-hybridized carbons (Fsp3) is 0.100. The van der Waals surface area contributed by atoms with Crippen molar-refractivity contribution in [3.05, 3.63) is 27.5 Å².